The normalized spacial score (nSPS) is 10.0. The number of halogens is 1. The third-order valence-electron chi connectivity index (χ3n) is 1.93. The molecule has 0 aromatic heterocycles. The fourth-order valence-corrected chi connectivity index (χ4v) is 1.15. The van der Waals surface area contributed by atoms with Gasteiger partial charge in [0.2, 0.25) is 5.91 Å². The molecule has 0 aliphatic heterocycles. The Morgan fingerprint density at radius 3 is 2.76 bits per heavy atom. The van der Waals surface area contributed by atoms with Crippen molar-refractivity contribution < 1.29 is 23.8 Å². The van der Waals surface area contributed by atoms with E-state index in [1.54, 1.807) is 6.92 Å². The van der Waals surface area contributed by atoms with Gasteiger partial charge in [0, 0.05) is 5.69 Å². The number of hydrogen-bond acceptors (Lipinski definition) is 3. The van der Waals surface area contributed by atoms with Gasteiger partial charge >= 0.3 is 5.97 Å². The number of carbonyl (C=O) groups is 2. The van der Waals surface area contributed by atoms with Crippen molar-refractivity contribution in [3.8, 4) is 0 Å². The Hall–Kier alpha value is -1.95. The number of carboxylic acid groups (broad SMARTS) is 1. The van der Waals surface area contributed by atoms with Crippen molar-refractivity contribution in [3.05, 3.63) is 29.6 Å². The Labute approximate surface area is 97.2 Å². The topological polar surface area (TPSA) is 75.6 Å². The number of nitrogens with one attached hydrogen (secondary N) is 1. The van der Waals surface area contributed by atoms with Crippen LogP contribution in [0.2, 0.25) is 0 Å². The number of rotatable bonds is 5. The van der Waals surface area contributed by atoms with E-state index in [1.807, 2.05) is 0 Å². The molecule has 1 aromatic rings. The zero-order valence-corrected chi connectivity index (χ0v) is 9.20. The summed E-state index contributed by atoms with van der Waals surface area (Å²) in [4.78, 5) is 21.4. The average molecular weight is 241 g/mol. The Bertz CT molecular complexity index is 433. The summed E-state index contributed by atoms with van der Waals surface area (Å²) in [6.07, 6.45) is 0. The minimum Gasteiger partial charge on any atom is -0.480 e. The first kappa shape index (κ1) is 13.1. The second-order valence-electron chi connectivity index (χ2n) is 3.39. The third kappa shape index (κ3) is 4.60. The van der Waals surface area contributed by atoms with Crippen molar-refractivity contribution in [2.45, 2.75) is 6.92 Å². The fourth-order valence-electron chi connectivity index (χ4n) is 1.15. The lowest BCUT2D eigenvalue weighted by atomic mass is 10.2. The fraction of sp³-hybridized carbons (Fsp3) is 0.273. The quantitative estimate of drug-likeness (QED) is 0.811. The predicted molar refractivity (Wildman–Crippen MR) is 58.2 cm³/mol. The number of benzene rings is 1. The minimum atomic E-state index is -1.15. The summed E-state index contributed by atoms with van der Waals surface area (Å²) in [5, 5.41) is 10.7. The lowest BCUT2D eigenvalue weighted by Crippen LogP contribution is -2.21. The summed E-state index contributed by atoms with van der Waals surface area (Å²) >= 11 is 0. The highest BCUT2D eigenvalue weighted by atomic mass is 19.1. The molecule has 1 aromatic carbocycles. The number of ether oxygens (including phenoxy) is 1. The van der Waals surface area contributed by atoms with Gasteiger partial charge in [-0.15, -0.1) is 0 Å². The monoisotopic (exact) mass is 241 g/mol. The summed E-state index contributed by atoms with van der Waals surface area (Å²) in [5.74, 6) is -2.14. The van der Waals surface area contributed by atoms with Crippen LogP contribution < -0.4 is 5.32 Å². The lowest BCUT2D eigenvalue weighted by molar-refractivity contribution is -0.143. The number of anilines is 1. The van der Waals surface area contributed by atoms with Gasteiger partial charge in [0.1, 0.15) is 19.0 Å². The molecule has 0 radical (unpaired) electrons. The molecule has 0 saturated heterocycles. The van der Waals surface area contributed by atoms with Gasteiger partial charge in [0.15, 0.2) is 0 Å². The van der Waals surface area contributed by atoms with Gasteiger partial charge < -0.3 is 15.2 Å². The highest BCUT2D eigenvalue weighted by Crippen LogP contribution is 2.15. The zero-order chi connectivity index (χ0) is 12.8. The highest BCUT2D eigenvalue weighted by Gasteiger charge is 2.07. The van der Waals surface area contributed by atoms with Crippen LogP contribution in [0.15, 0.2) is 18.2 Å². The van der Waals surface area contributed by atoms with Gasteiger partial charge in [-0.3, -0.25) is 4.79 Å². The average Bonchev–Trinajstić information content (AvgIpc) is 2.23. The van der Waals surface area contributed by atoms with Gasteiger partial charge in [0.25, 0.3) is 0 Å². The largest absolute Gasteiger partial charge is 0.480 e. The van der Waals surface area contributed by atoms with Crippen molar-refractivity contribution in [1.29, 1.82) is 0 Å². The second-order valence-corrected chi connectivity index (χ2v) is 3.39. The summed E-state index contributed by atoms with van der Waals surface area (Å²) in [6, 6.07) is 4.00. The van der Waals surface area contributed by atoms with E-state index >= 15 is 0 Å². The third-order valence-corrected chi connectivity index (χ3v) is 1.93. The van der Waals surface area contributed by atoms with E-state index < -0.39 is 24.3 Å². The Morgan fingerprint density at radius 1 is 1.41 bits per heavy atom. The van der Waals surface area contributed by atoms with Crippen LogP contribution in [-0.2, 0) is 14.3 Å². The number of carbonyl (C=O) groups excluding carboxylic acids is 1. The number of hydrogen-bond donors (Lipinski definition) is 2. The van der Waals surface area contributed by atoms with Crippen LogP contribution in [0.3, 0.4) is 0 Å². The smallest absolute Gasteiger partial charge is 0.329 e. The van der Waals surface area contributed by atoms with Crippen LogP contribution in [0.5, 0.6) is 0 Å². The maximum atomic E-state index is 12.9. The summed E-state index contributed by atoms with van der Waals surface area (Å²) in [5.41, 5.74) is 1.05. The number of amides is 1. The van der Waals surface area contributed by atoms with Crippen LogP contribution in [0.25, 0.3) is 0 Å². The number of aliphatic carboxylic acids is 1. The Balaban J connectivity index is 2.50. The minimum absolute atomic E-state index is 0.342. The standard InChI is InChI=1S/C11H12FNO4/c1-7-2-3-8(12)4-9(7)13-10(14)5-17-6-11(15)16/h2-4H,5-6H2,1H3,(H,13,14)(H,15,16). The Morgan fingerprint density at radius 2 is 2.12 bits per heavy atom. The molecule has 0 atom stereocenters. The lowest BCUT2D eigenvalue weighted by Gasteiger charge is -2.08. The van der Waals surface area contributed by atoms with Gasteiger partial charge in [-0.1, -0.05) is 6.07 Å². The summed E-state index contributed by atoms with van der Waals surface area (Å²) < 4.78 is 17.5. The molecule has 0 saturated carbocycles. The van der Waals surface area contributed by atoms with E-state index in [4.69, 9.17) is 5.11 Å². The van der Waals surface area contributed by atoms with Crippen LogP contribution in [0, 0.1) is 12.7 Å². The molecule has 1 rings (SSSR count). The van der Waals surface area contributed by atoms with Crippen molar-refractivity contribution in [2.75, 3.05) is 18.5 Å². The maximum absolute atomic E-state index is 12.9. The highest BCUT2D eigenvalue weighted by molar-refractivity contribution is 5.92. The van der Waals surface area contributed by atoms with Crippen LogP contribution in [-0.4, -0.2) is 30.2 Å². The van der Waals surface area contributed by atoms with E-state index in [2.05, 4.69) is 10.1 Å². The molecule has 17 heavy (non-hydrogen) atoms. The van der Waals surface area contributed by atoms with Gasteiger partial charge in [-0.2, -0.15) is 0 Å². The SMILES string of the molecule is Cc1ccc(F)cc1NC(=O)COCC(=O)O. The van der Waals surface area contributed by atoms with Crippen LogP contribution in [0.1, 0.15) is 5.56 Å². The van der Waals surface area contributed by atoms with Gasteiger partial charge in [-0.25, -0.2) is 9.18 Å². The van der Waals surface area contributed by atoms with E-state index in [0.717, 1.165) is 0 Å². The van der Waals surface area contributed by atoms with Crippen molar-refractivity contribution in [3.63, 3.8) is 0 Å². The molecule has 92 valence electrons. The number of carboxylic acids is 1. The number of aryl methyl sites for hydroxylation is 1. The predicted octanol–water partition coefficient (Wildman–Crippen LogP) is 1.17. The first-order chi connectivity index (χ1) is 7.99. The van der Waals surface area contributed by atoms with Crippen LogP contribution in [0.4, 0.5) is 10.1 Å². The van der Waals surface area contributed by atoms with Crippen molar-refractivity contribution in [1.82, 2.24) is 0 Å². The summed E-state index contributed by atoms with van der Waals surface area (Å²) in [6.45, 7) is 0.783. The molecular weight excluding hydrogens is 229 g/mol. The molecule has 0 spiro atoms. The van der Waals surface area contributed by atoms with Crippen molar-refractivity contribution in [2.24, 2.45) is 0 Å². The van der Waals surface area contributed by atoms with Crippen LogP contribution >= 0.6 is 0 Å². The molecule has 5 nitrogen and oxygen atoms in total. The molecule has 6 heteroatoms. The van der Waals surface area contributed by atoms with E-state index in [1.165, 1.54) is 18.2 Å². The first-order valence-corrected chi connectivity index (χ1v) is 4.84. The Kier molecular flexibility index (Phi) is 4.59. The molecule has 2 N–H and O–H groups in total. The molecule has 0 aliphatic rings. The summed E-state index contributed by atoms with van der Waals surface area (Å²) in [7, 11) is 0. The first-order valence-electron chi connectivity index (χ1n) is 4.84. The molecule has 0 bridgehead atoms. The maximum Gasteiger partial charge on any atom is 0.329 e. The molecule has 0 aliphatic carbocycles. The van der Waals surface area contributed by atoms with E-state index in [-0.39, 0.29) is 6.61 Å². The van der Waals surface area contributed by atoms with Crippen molar-refractivity contribution >= 4 is 17.6 Å². The van der Waals surface area contributed by atoms with Gasteiger partial charge in [-0.05, 0) is 24.6 Å². The zero-order valence-electron chi connectivity index (χ0n) is 9.20. The van der Waals surface area contributed by atoms with Gasteiger partial charge in [0.05, 0.1) is 0 Å². The molecular formula is C11H12FNO4. The molecule has 0 fully saturated rings. The molecule has 0 unspecified atom stereocenters. The van der Waals surface area contributed by atoms with E-state index in [0.29, 0.717) is 11.3 Å². The second kappa shape index (κ2) is 5.95. The molecule has 0 heterocycles. The van der Waals surface area contributed by atoms with E-state index in [9.17, 15) is 14.0 Å². The molecule has 1 amide bonds.